The van der Waals surface area contributed by atoms with Crippen LogP contribution in [0.15, 0.2) is 42.5 Å². The van der Waals surface area contributed by atoms with E-state index < -0.39 is 6.04 Å². The Kier molecular flexibility index (Phi) is 6.42. The predicted molar refractivity (Wildman–Crippen MR) is 116 cm³/mol. The molecule has 154 valence electrons. The van der Waals surface area contributed by atoms with Gasteiger partial charge in [-0.15, -0.1) is 0 Å². The number of hydrogen-bond donors (Lipinski definition) is 2. The van der Waals surface area contributed by atoms with E-state index in [1.54, 1.807) is 24.3 Å². The third kappa shape index (κ3) is 4.53. The monoisotopic (exact) mass is 395 g/mol. The molecule has 0 aromatic heterocycles. The fraction of sp³-hybridized carbons (Fsp3) is 0.391. The largest absolute Gasteiger partial charge is 0.496 e. The fourth-order valence-electron chi connectivity index (χ4n) is 3.66. The molecule has 0 saturated heterocycles. The van der Waals surface area contributed by atoms with Gasteiger partial charge in [0.05, 0.1) is 12.7 Å². The van der Waals surface area contributed by atoms with Crippen molar-refractivity contribution >= 4 is 23.2 Å². The van der Waals surface area contributed by atoms with E-state index in [1.807, 2.05) is 26.0 Å². The maximum absolute atomic E-state index is 13.0. The first-order chi connectivity index (χ1) is 13.9. The average Bonchev–Trinajstić information content (AvgIpc) is 3.13. The highest BCUT2D eigenvalue weighted by Gasteiger charge is 2.26. The van der Waals surface area contributed by atoms with E-state index in [-0.39, 0.29) is 17.7 Å². The minimum atomic E-state index is -0.664. The number of nitrogens with one attached hydrogen (secondary N) is 2. The Labute approximate surface area is 172 Å². The van der Waals surface area contributed by atoms with Crippen molar-refractivity contribution in [1.29, 1.82) is 0 Å². The third-order valence-corrected chi connectivity index (χ3v) is 5.31. The van der Waals surface area contributed by atoms with E-state index >= 15 is 0 Å². The van der Waals surface area contributed by atoms with Crippen molar-refractivity contribution in [3.05, 3.63) is 53.6 Å². The molecule has 0 radical (unpaired) electrons. The summed E-state index contributed by atoms with van der Waals surface area (Å²) < 4.78 is 5.26. The smallest absolute Gasteiger partial charge is 0.255 e. The fourth-order valence-corrected chi connectivity index (χ4v) is 3.66. The zero-order chi connectivity index (χ0) is 21.0. The van der Waals surface area contributed by atoms with E-state index in [0.717, 1.165) is 25.2 Å². The van der Waals surface area contributed by atoms with Gasteiger partial charge in [-0.25, -0.2) is 0 Å². The molecule has 0 aliphatic carbocycles. The molecule has 6 heteroatoms. The molecular weight excluding hydrogens is 366 g/mol. The van der Waals surface area contributed by atoms with Crippen molar-refractivity contribution in [2.75, 3.05) is 30.4 Å². The number of hydrogen-bond acceptors (Lipinski definition) is 4. The van der Waals surface area contributed by atoms with E-state index in [1.165, 1.54) is 18.4 Å². The first-order valence-electron chi connectivity index (χ1n) is 10.1. The van der Waals surface area contributed by atoms with Gasteiger partial charge >= 0.3 is 0 Å². The Morgan fingerprint density at radius 2 is 1.93 bits per heavy atom. The minimum absolute atomic E-state index is 0.0739. The zero-order valence-corrected chi connectivity index (χ0v) is 17.5. The molecule has 0 saturated carbocycles. The molecule has 2 aromatic rings. The lowest BCUT2D eigenvalue weighted by molar-refractivity contribution is -0.118. The van der Waals surface area contributed by atoms with Crippen LogP contribution >= 0.6 is 0 Å². The number of anilines is 2. The van der Waals surface area contributed by atoms with Crippen molar-refractivity contribution in [2.45, 2.75) is 33.2 Å². The number of nitrogens with zero attached hydrogens (tertiary/aromatic N) is 1. The third-order valence-electron chi connectivity index (χ3n) is 5.31. The molecule has 1 unspecified atom stereocenters. The number of likely N-dealkylation sites (N-methyl/N-ethyl adjacent to an activating group) is 1. The molecule has 2 aromatic carbocycles. The van der Waals surface area contributed by atoms with Crippen LogP contribution < -0.4 is 20.3 Å². The second kappa shape index (κ2) is 8.99. The lowest BCUT2D eigenvalue weighted by Gasteiger charge is -2.23. The maximum Gasteiger partial charge on any atom is 0.255 e. The zero-order valence-electron chi connectivity index (χ0n) is 17.5. The first kappa shape index (κ1) is 20.7. The summed E-state index contributed by atoms with van der Waals surface area (Å²) in [6.45, 7) is 7.89. The van der Waals surface area contributed by atoms with Crippen molar-refractivity contribution in [3.63, 3.8) is 0 Å². The van der Waals surface area contributed by atoms with Gasteiger partial charge in [-0.05, 0) is 49.1 Å². The normalized spacial score (nSPS) is 13.8. The summed E-state index contributed by atoms with van der Waals surface area (Å²) in [4.78, 5) is 28.0. The summed E-state index contributed by atoms with van der Waals surface area (Å²) in [5.74, 6) is -0.159. The van der Waals surface area contributed by atoms with Crippen molar-refractivity contribution in [3.8, 4) is 5.75 Å². The van der Waals surface area contributed by atoms with Crippen LogP contribution in [0.3, 0.4) is 0 Å². The van der Waals surface area contributed by atoms with Gasteiger partial charge in [0.2, 0.25) is 5.91 Å². The van der Waals surface area contributed by atoms with Crippen molar-refractivity contribution < 1.29 is 14.3 Å². The summed E-state index contributed by atoms with van der Waals surface area (Å²) in [7, 11) is 1.52. The summed E-state index contributed by atoms with van der Waals surface area (Å²) in [5.41, 5.74) is 3.62. The van der Waals surface area contributed by atoms with Gasteiger partial charge in [-0.1, -0.05) is 32.0 Å². The first-order valence-corrected chi connectivity index (χ1v) is 10.1. The molecule has 1 aliphatic heterocycles. The van der Waals surface area contributed by atoms with E-state index in [2.05, 4.69) is 28.5 Å². The van der Waals surface area contributed by atoms with Gasteiger partial charge in [-0.3, -0.25) is 9.59 Å². The standard InChI is InChI=1S/C23H29N3O3/c1-5-26-13-12-16-10-11-17(14-19(16)26)24-23(28)21(15(2)3)25-22(27)18-8-6-7-9-20(18)29-4/h6-11,14-15,21H,5,12-13H2,1-4H3,(H,24,28)(H,25,27). The topological polar surface area (TPSA) is 70.7 Å². The van der Waals surface area contributed by atoms with Gasteiger partial charge < -0.3 is 20.3 Å². The van der Waals surface area contributed by atoms with Crippen LogP contribution in [0.2, 0.25) is 0 Å². The second-order valence-corrected chi connectivity index (χ2v) is 7.56. The van der Waals surface area contributed by atoms with E-state index in [4.69, 9.17) is 4.74 Å². The molecule has 0 spiro atoms. The number of carbonyl (C=O) groups excluding carboxylic acids is 2. The van der Waals surface area contributed by atoms with Gasteiger partial charge in [0.1, 0.15) is 11.8 Å². The summed E-state index contributed by atoms with van der Waals surface area (Å²) in [6.07, 6.45) is 1.03. The molecule has 29 heavy (non-hydrogen) atoms. The van der Waals surface area contributed by atoms with Crippen LogP contribution in [-0.2, 0) is 11.2 Å². The van der Waals surface area contributed by atoms with Crippen molar-refractivity contribution in [2.24, 2.45) is 5.92 Å². The number of fused-ring (bicyclic) bond motifs is 1. The van der Waals surface area contributed by atoms with E-state index in [9.17, 15) is 9.59 Å². The number of carbonyl (C=O) groups is 2. The molecule has 3 rings (SSSR count). The van der Waals surface area contributed by atoms with E-state index in [0.29, 0.717) is 11.3 Å². The lowest BCUT2D eigenvalue weighted by atomic mass is 10.0. The molecular formula is C23H29N3O3. The molecule has 2 N–H and O–H groups in total. The van der Waals surface area contributed by atoms with Crippen LogP contribution in [-0.4, -0.2) is 38.1 Å². The van der Waals surface area contributed by atoms with Crippen LogP contribution in [0.1, 0.15) is 36.7 Å². The second-order valence-electron chi connectivity index (χ2n) is 7.56. The number of para-hydroxylation sites is 1. The Morgan fingerprint density at radius 3 is 2.62 bits per heavy atom. The van der Waals surface area contributed by atoms with Crippen LogP contribution in [0.25, 0.3) is 0 Å². The number of methoxy groups -OCH3 is 1. The Morgan fingerprint density at radius 1 is 1.17 bits per heavy atom. The van der Waals surface area contributed by atoms with Crippen molar-refractivity contribution in [1.82, 2.24) is 5.32 Å². The number of amides is 2. The highest BCUT2D eigenvalue weighted by atomic mass is 16.5. The van der Waals surface area contributed by atoms with Gasteiger partial charge in [0, 0.05) is 24.5 Å². The molecule has 0 bridgehead atoms. The van der Waals surface area contributed by atoms with Gasteiger partial charge in [-0.2, -0.15) is 0 Å². The molecule has 1 heterocycles. The molecule has 1 aliphatic rings. The minimum Gasteiger partial charge on any atom is -0.496 e. The number of rotatable bonds is 7. The van der Waals surface area contributed by atoms with Gasteiger partial charge in [0.15, 0.2) is 0 Å². The molecule has 0 fully saturated rings. The molecule has 1 atom stereocenters. The predicted octanol–water partition coefficient (Wildman–Crippen LogP) is 3.47. The maximum atomic E-state index is 13.0. The number of ether oxygens (including phenoxy) is 1. The SMILES string of the molecule is CCN1CCc2ccc(NC(=O)C(NC(=O)c3ccccc3OC)C(C)C)cc21. The quantitative estimate of drug-likeness (QED) is 0.753. The van der Waals surface area contributed by atoms with Crippen LogP contribution in [0.4, 0.5) is 11.4 Å². The molecule has 2 amide bonds. The average molecular weight is 396 g/mol. The number of benzene rings is 2. The lowest BCUT2D eigenvalue weighted by Crippen LogP contribution is -2.47. The van der Waals surface area contributed by atoms with Crippen LogP contribution in [0.5, 0.6) is 5.75 Å². The van der Waals surface area contributed by atoms with Gasteiger partial charge in [0.25, 0.3) is 5.91 Å². The van der Waals surface area contributed by atoms with Crippen LogP contribution in [0, 0.1) is 5.92 Å². The molecule has 6 nitrogen and oxygen atoms in total. The summed E-state index contributed by atoms with van der Waals surface area (Å²) >= 11 is 0. The highest BCUT2D eigenvalue weighted by molar-refractivity contribution is 6.02. The summed E-state index contributed by atoms with van der Waals surface area (Å²) in [6, 6.07) is 12.3. The summed E-state index contributed by atoms with van der Waals surface area (Å²) in [5, 5.41) is 5.83. The Bertz CT molecular complexity index is 895. The Hall–Kier alpha value is -3.02. The Balaban J connectivity index is 1.74. The highest BCUT2D eigenvalue weighted by Crippen LogP contribution is 2.30.